The van der Waals surface area contributed by atoms with Gasteiger partial charge in [0.25, 0.3) is 0 Å². The Morgan fingerprint density at radius 2 is 0.688 bits per heavy atom. The number of carbonyl (C=O) groups is 7. The second-order valence-electron chi connectivity index (χ2n) is 13.7. The molecule has 0 aromatic heterocycles. The Hall–Kier alpha value is -8.13. The van der Waals surface area contributed by atoms with E-state index in [0.29, 0.717) is 44.5 Å². The number of rotatable bonds is 23. The zero-order valence-corrected chi connectivity index (χ0v) is 34.7. The molecule has 0 aliphatic rings. The first kappa shape index (κ1) is 46.9. The number of benzene rings is 5. The number of carbonyl (C=O) groups excluding carboxylic acids is 7. The molecule has 0 bridgehead atoms. The molecule has 0 atom stereocenters. The van der Waals surface area contributed by atoms with Crippen molar-refractivity contribution in [3.63, 3.8) is 0 Å². The van der Waals surface area contributed by atoms with Crippen LogP contribution in [0.4, 0.5) is 0 Å². The minimum Gasteiger partial charge on any atom is -0.494 e. The van der Waals surface area contributed by atoms with Crippen molar-refractivity contribution in [3.05, 3.63) is 174 Å². The lowest BCUT2D eigenvalue weighted by atomic mass is 10.1. The van der Waals surface area contributed by atoms with Crippen molar-refractivity contribution in [2.45, 2.75) is 38.5 Å². The Kier molecular flexibility index (Phi) is 17.9. The van der Waals surface area contributed by atoms with E-state index in [1.807, 2.05) is 0 Å². The van der Waals surface area contributed by atoms with Crippen molar-refractivity contribution in [1.82, 2.24) is 0 Å². The van der Waals surface area contributed by atoms with E-state index in [1.165, 1.54) is 103 Å². The van der Waals surface area contributed by atoms with Gasteiger partial charge in [0.1, 0.15) is 28.7 Å². The Morgan fingerprint density at radius 1 is 0.359 bits per heavy atom. The molecule has 64 heavy (non-hydrogen) atoms. The Labute approximate surface area is 369 Å². The highest BCUT2D eigenvalue weighted by atomic mass is 16.6. The molecule has 5 aromatic rings. The number of esters is 6. The lowest BCUT2D eigenvalue weighted by Crippen LogP contribution is -2.11. The van der Waals surface area contributed by atoms with Crippen LogP contribution in [0.25, 0.3) is 0 Å². The van der Waals surface area contributed by atoms with E-state index in [1.54, 1.807) is 24.3 Å². The number of hydrogen-bond acceptors (Lipinski definition) is 14. The van der Waals surface area contributed by atoms with Gasteiger partial charge >= 0.3 is 35.8 Å². The summed E-state index contributed by atoms with van der Waals surface area (Å²) in [7, 11) is 0. The van der Waals surface area contributed by atoms with E-state index < -0.39 is 35.8 Å². The van der Waals surface area contributed by atoms with Crippen LogP contribution in [0, 0.1) is 0 Å². The summed E-state index contributed by atoms with van der Waals surface area (Å²) in [5.41, 5.74) is 1.12. The third-order valence-electron chi connectivity index (χ3n) is 9.04. The fourth-order valence-electron chi connectivity index (χ4n) is 5.54. The summed E-state index contributed by atoms with van der Waals surface area (Å²) in [4.78, 5) is 85.7. The van der Waals surface area contributed by atoms with Crippen molar-refractivity contribution < 1.29 is 66.7 Å². The first-order chi connectivity index (χ1) is 31.0. The van der Waals surface area contributed by atoms with E-state index in [9.17, 15) is 33.6 Å². The summed E-state index contributed by atoms with van der Waals surface area (Å²) in [5.74, 6) is -2.36. The summed E-state index contributed by atoms with van der Waals surface area (Å²) in [5, 5.41) is 0. The zero-order valence-electron chi connectivity index (χ0n) is 34.7. The molecule has 0 radical (unpaired) electrons. The topological polar surface area (TPSA) is 184 Å². The van der Waals surface area contributed by atoms with E-state index >= 15 is 0 Å². The van der Waals surface area contributed by atoms with Gasteiger partial charge in [0, 0.05) is 12.5 Å². The van der Waals surface area contributed by atoms with E-state index in [2.05, 4.69) is 13.2 Å². The normalized spacial score (nSPS) is 10.4. The van der Waals surface area contributed by atoms with Gasteiger partial charge in [-0.3, -0.25) is 4.79 Å². The van der Waals surface area contributed by atoms with Gasteiger partial charge in [-0.25, -0.2) is 28.8 Å². The lowest BCUT2D eigenvalue weighted by molar-refractivity contribution is -0.137. The molecule has 0 fully saturated rings. The Bertz CT molecular complexity index is 2420. The highest BCUT2D eigenvalue weighted by Crippen LogP contribution is 2.22. The monoisotopic (exact) mass is 868 g/mol. The smallest absolute Gasteiger partial charge is 0.343 e. The number of ketones is 1. The maximum Gasteiger partial charge on any atom is 0.343 e. The fraction of sp³-hybridized carbons (Fsp3) is 0.180. The third-order valence-corrected chi connectivity index (χ3v) is 9.04. The SMILES string of the molecule is C=CC(=O)CCCCCOC(=O)c1ccc(OC(=O)c2ccc(OC(=O)c3ccc(OC(=O)c4ccc(OC(=O)c5ccc(OCCCCOC(=O)C=C)cc5)cc4)cc3)cc2)cc1. The number of hydrogen-bond donors (Lipinski definition) is 0. The molecule has 0 unspecified atom stereocenters. The highest BCUT2D eigenvalue weighted by molar-refractivity contribution is 5.95. The van der Waals surface area contributed by atoms with Crippen LogP contribution in [0.5, 0.6) is 28.7 Å². The quantitative estimate of drug-likeness (QED) is 0.0262. The second kappa shape index (κ2) is 24.3. The van der Waals surface area contributed by atoms with Crippen molar-refractivity contribution in [2.75, 3.05) is 19.8 Å². The molecular weight excluding hydrogens is 825 g/mol. The van der Waals surface area contributed by atoms with Crippen LogP contribution in [0.15, 0.2) is 147 Å². The van der Waals surface area contributed by atoms with E-state index in [-0.39, 0.29) is 69.8 Å². The van der Waals surface area contributed by atoms with Crippen LogP contribution in [-0.2, 0) is 19.1 Å². The Morgan fingerprint density at radius 3 is 1.06 bits per heavy atom. The number of unbranched alkanes of at least 4 members (excludes halogenated alkanes) is 3. The van der Waals surface area contributed by atoms with Gasteiger partial charge < -0.3 is 33.2 Å². The van der Waals surface area contributed by atoms with Crippen LogP contribution in [-0.4, -0.2) is 61.4 Å². The summed E-state index contributed by atoms with van der Waals surface area (Å²) < 4.78 is 37.5. The molecule has 0 heterocycles. The lowest BCUT2D eigenvalue weighted by Gasteiger charge is -2.09. The predicted molar refractivity (Wildman–Crippen MR) is 232 cm³/mol. The molecule has 5 aromatic carbocycles. The number of ether oxygens (including phenoxy) is 7. The number of allylic oxidation sites excluding steroid dienone is 1. The van der Waals surface area contributed by atoms with Crippen molar-refractivity contribution in [3.8, 4) is 28.7 Å². The van der Waals surface area contributed by atoms with Crippen molar-refractivity contribution in [2.24, 2.45) is 0 Å². The van der Waals surface area contributed by atoms with Gasteiger partial charge in [0.15, 0.2) is 5.78 Å². The van der Waals surface area contributed by atoms with Gasteiger partial charge in [-0.2, -0.15) is 0 Å². The minimum absolute atomic E-state index is 0.0163. The van der Waals surface area contributed by atoms with Gasteiger partial charge in [-0.15, -0.1) is 0 Å². The standard InChI is InChI=1S/C50H44O14/c1-3-39(51)10-6-5-7-33-60-46(53)34-13-23-41(24-14-34)61-48(55)36-17-27-43(28-18-36)63-50(57)38-19-29-44(30-20-38)64-49(56)37-15-25-42(26-16-37)62-47(54)35-11-21-40(22-12-35)58-31-8-9-32-59-45(52)4-2/h3-4,11-30H,1-2,5-10,31-33H2. The van der Waals surface area contributed by atoms with Crippen molar-refractivity contribution in [1.29, 1.82) is 0 Å². The molecule has 0 aliphatic carbocycles. The summed E-state index contributed by atoms with van der Waals surface area (Å²) in [6, 6.07) is 29.5. The molecule has 0 amide bonds. The molecule has 328 valence electrons. The summed E-state index contributed by atoms with van der Waals surface area (Å²) in [6.45, 7) is 7.67. The fourth-order valence-corrected chi connectivity index (χ4v) is 5.54. The van der Waals surface area contributed by atoms with Crippen LogP contribution in [0.1, 0.15) is 90.3 Å². The first-order valence-corrected chi connectivity index (χ1v) is 20.1. The molecule has 0 aliphatic heterocycles. The van der Waals surface area contributed by atoms with Crippen LogP contribution in [0.2, 0.25) is 0 Å². The molecular formula is C50H44O14. The average molecular weight is 869 g/mol. The maximum atomic E-state index is 12.8. The molecule has 5 rings (SSSR count). The maximum absolute atomic E-state index is 12.8. The molecule has 14 nitrogen and oxygen atoms in total. The molecule has 0 saturated heterocycles. The first-order valence-electron chi connectivity index (χ1n) is 20.1. The second-order valence-corrected chi connectivity index (χ2v) is 13.7. The zero-order chi connectivity index (χ0) is 45.7. The van der Waals surface area contributed by atoms with Gasteiger partial charge in [-0.1, -0.05) is 13.2 Å². The summed E-state index contributed by atoms with van der Waals surface area (Å²) in [6.07, 6.45) is 6.17. The van der Waals surface area contributed by atoms with E-state index in [4.69, 9.17) is 33.2 Å². The molecule has 0 N–H and O–H groups in total. The van der Waals surface area contributed by atoms with Crippen LogP contribution >= 0.6 is 0 Å². The average Bonchev–Trinajstić information content (AvgIpc) is 3.31. The Balaban J connectivity index is 1.01. The molecule has 0 saturated carbocycles. The third kappa shape index (κ3) is 15.1. The van der Waals surface area contributed by atoms with Gasteiger partial charge in [0.05, 0.1) is 47.6 Å². The molecule has 0 spiro atoms. The minimum atomic E-state index is -0.696. The largest absolute Gasteiger partial charge is 0.494 e. The van der Waals surface area contributed by atoms with Gasteiger partial charge in [-0.05, 0) is 160 Å². The van der Waals surface area contributed by atoms with Crippen molar-refractivity contribution >= 4 is 41.6 Å². The summed E-state index contributed by atoms with van der Waals surface area (Å²) >= 11 is 0. The molecule has 14 heteroatoms. The highest BCUT2D eigenvalue weighted by Gasteiger charge is 2.16. The van der Waals surface area contributed by atoms with Gasteiger partial charge in [0.2, 0.25) is 0 Å². The van der Waals surface area contributed by atoms with Crippen LogP contribution in [0.3, 0.4) is 0 Å². The van der Waals surface area contributed by atoms with Crippen LogP contribution < -0.4 is 23.7 Å². The predicted octanol–water partition coefficient (Wildman–Crippen LogP) is 8.92. The van der Waals surface area contributed by atoms with E-state index in [0.717, 1.165) is 12.5 Å².